The van der Waals surface area contributed by atoms with Gasteiger partial charge >= 0.3 is 5.97 Å². The van der Waals surface area contributed by atoms with E-state index in [1.807, 2.05) is 36.9 Å². The van der Waals surface area contributed by atoms with Crippen LogP contribution in [-0.2, 0) is 11.2 Å². The normalized spacial score (nSPS) is 16.4. The SMILES string of the molecule is Cc1cc(C(=O)N2CCCC2Cc2ccccc2)cc(C)c1OCC(=O)O. The van der Waals surface area contributed by atoms with Crippen LogP contribution in [0.25, 0.3) is 0 Å². The van der Waals surface area contributed by atoms with E-state index in [9.17, 15) is 9.59 Å². The predicted octanol–water partition coefficient (Wildman–Crippen LogP) is 3.61. The van der Waals surface area contributed by atoms with Gasteiger partial charge in [-0.2, -0.15) is 0 Å². The van der Waals surface area contributed by atoms with Gasteiger partial charge in [-0.3, -0.25) is 4.79 Å². The Morgan fingerprint density at radius 2 is 1.81 bits per heavy atom. The van der Waals surface area contributed by atoms with E-state index in [2.05, 4.69) is 12.1 Å². The van der Waals surface area contributed by atoms with Crippen LogP contribution in [0.2, 0.25) is 0 Å². The molecular weight excluding hydrogens is 342 g/mol. The van der Waals surface area contributed by atoms with Gasteiger partial charge in [-0.15, -0.1) is 0 Å². The number of likely N-dealkylation sites (tertiary alicyclic amines) is 1. The molecular formula is C22H25NO4. The lowest BCUT2D eigenvalue weighted by molar-refractivity contribution is -0.139. The average Bonchev–Trinajstić information content (AvgIpc) is 3.09. The maximum atomic E-state index is 13.1. The highest BCUT2D eigenvalue weighted by Crippen LogP contribution is 2.28. The summed E-state index contributed by atoms with van der Waals surface area (Å²) in [6.07, 6.45) is 2.89. The molecule has 3 rings (SSSR count). The lowest BCUT2D eigenvalue weighted by Gasteiger charge is -2.25. The second-order valence-electron chi connectivity index (χ2n) is 7.11. The molecule has 1 heterocycles. The third-order valence-corrected chi connectivity index (χ3v) is 5.00. The highest BCUT2D eigenvalue weighted by molar-refractivity contribution is 5.95. The number of carbonyl (C=O) groups excluding carboxylic acids is 1. The standard InChI is InChI=1S/C22H25NO4/c1-15-11-18(12-16(2)21(15)27-14-20(24)25)22(26)23-10-6-9-19(23)13-17-7-4-3-5-8-17/h3-5,7-8,11-12,19H,6,9-10,13-14H2,1-2H3,(H,24,25). The van der Waals surface area contributed by atoms with Gasteiger partial charge in [0, 0.05) is 18.2 Å². The third kappa shape index (κ3) is 4.48. The molecule has 2 aromatic carbocycles. The fourth-order valence-corrected chi connectivity index (χ4v) is 3.80. The van der Waals surface area contributed by atoms with Crippen molar-refractivity contribution in [3.63, 3.8) is 0 Å². The highest BCUT2D eigenvalue weighted by atomic mass is 16.5. The molecule has 0 spiro atoms. The van der Waals surface area contributed by atoms with Crippen LogP contribution in [0.5, 0.6) is 5.75 Å². The van der Waals surface area contributed by atoms with E-state index in [1.165, 1.54) is 5.56 Å². The summed E-state index contributed by atoms with van der Waals surface area (Å²) in [5, 5.41) is 8.81. The molecule has 1 fully saturated rings. The molecule has 1 amide bonds. The van der Waals surface area contributed by atoms with E-state index in [0.29, 0.717) is 11.3 Å². The smallest absolute Gasteiger partial charge is 0.341 e. The van der Waals surface area contributed by atoms with Crippen LogP contribution in [0.15, 0.2) is 42.5 Å². The molecule has 27 heavy (non-hydrogen) atoms. The first-order valence-corrected chi connectivity index (χ1v) is 9.26. The van der Waals surface area contributed by atoms with Gasteiger partial charge in [0.05, 0.1) is 0 Å². The summed E-state index contributed by atoms with van der Waals surface area (Å²) in [6, 6.07) is 14.1. The zero-order chi connectivity index (χ0) is 19.4. The van der Waals surface area contributed by atoms with Crippen molar-refractivity contribution in [3.05, 3.63) is 64.7 Å². The molecule has 142 valence electrons. The Hall–Kier alpha value is -2.82. The molecule has 0 aliphatic carbocycles. The van der Waals surface area contributed by atoms with E-state index in [-0.39, 0.29) is 18.6 Å². The van der Waals surface area contributed by atoms with Crippen molar-refractivity contribution < 1.29 is 19.4 Å². The van der Waals surface area contributed by atoms with Crippen molar-refractivity contribution in [3.8, 4) is 5.75 Å². The molecule has 5 nitrogen and oxygen atoms in total. The average molecular weight is 367 g/mol. The molecule has 0 radical (unpaired) electrons. The summed E-state index contributed by atoms with van der Waals surface area (Å²) < 4.78 is 5.36. The van der Waals surface area contributed by atoms with Gasteiger partial charge in [-0.25, -0.2) is 4.79 Å². The van der Waals surface area contributed by atoms with Crippen molar-refractivity contribution >= 4 is 11.9 Å². The first-order chi connectivity index (χ1) is 13.0. The van der Waals surface area contributed by atoms with Crippen LogP contribution in [0.1, 0.15) is 39.9 Å². The second-order valence-corrected chi connectivity index (χ2v) is 7.11. The van der Waals surface area contributed by atoms with Gasteiger partial charge in [0.25, 0.3) is 5.91 Å². The Bertz CT molecular complexity index is 808. The zero-order valence-electron chi connectivity index (χ0n) is 15.8. The summed E-state index contributed by atoms with van der Waals surface area (Å²) in [5.74, 6) is -0.449. The number of nitrogens with zero attached hydrogens (tertiary/aromatic N) is 1. The minimum absolute atomic E-state index is 0.0319. The van der Waals surface area contributed by atoms with Gasteiger partial charge in [0.2, 0.25) is 0 Å². The Kier molecular flexibility index (Phi) is 5.79. The number of carbonyl (C=O) groups is 2. The summed E-state index contributed by atoms with van der Waals surface area (Å²) >= 11 is 0. The van der Waals surface area contributed by atoms with Crippen LogP contribution in [0.3, 0.4) is 0 Å². The minimum atomic E-state index is -1.02. The van der Waals surface area contributed by atoms with E-state index < -0.39 is 5.97 Å². The quantitative estimate of drug-likeness (QED) is 0.847. The van der Waals surface area contributed by atoms with Gasteiger partial charge in [0.1, 0.15) is 5.75 Å². The molecule has 2 aromatic rings. The Balaban J connectivity index is 1.77. The lowest BCUT2D eigenvalue weighted by atomic mass is 10.0. The number of carboxylic acid groups (broad SMARTS) is 1. The predicted molar refractivity (Wildman–Crippen MR) is 103 cm³/mol. The van der Waals surface area contributed by atoms with Gasteiger partial charge in [-0.1, -0.05) is 30.3 Å². The van der Waals surface area contributed by atoms with Crippen molar-refractivity contribution in [1.29, 1.82) is 0 Å². The van der Waals surface area contributed by atoms with Crippen LogP contribution < -0.4 is 4.74 Å². The van der Waals surface area contributed by atoms with Crippen LogP contribution in [0.4, 0.5) is 0 Å². The Labute approximate surface area is 159 Å². The van der Waals surface area contributed by atoms with Gasteiger partial charge in [0.15, 0.2) is 6.61 Å². The largest absolute Gasteiger partial charge is 0.481 e. The number of rotatable bonds is 6. The van der Waals surface area contributed by atoms with Gasteiger partial charge in [-0.05, 0) is 61.9 Å². The number of aryl methyl sites for hydroxylation is 2. The summed E-state index contributed by atoms with van der Waals surface area (Å²) in [4.78, 5) is 25.8. The number of aliphatic carboxylic acids is 1. The molecule has 0 bridgehead atoms. The van der Waals surface area contributed by atoms with Crippen molar-refractivity contribution in [2.45, 2.75) is 39.2 Å². The second kappa shape index (κ2) is 8.25. The summed E-state index contributed by atoms with van der Waals surface area (Å²) in [5.41, 5.74) is 3.43. The van der Waals surface area contributed by atoms with E-state index in [1.54, 1.807) is 12.1 Å². The maximum absolute atomic E-state index is 13.1. The summed E-state index contributed by atoms with van der Waals surface area (Å²) in [6.45, 7) is 4.06. The number of hydrogen-bond donors (Lipinski definition) is 1. The molecule has 1 unspecified atom stereocenters. The van der Waals surface area contributed by atoms with Crippen molar-refractivity contribution in [2.24, 2.45) is 0 Å². The van der Waals surface area contributed by atoms with Crippen molar-refractivity contribution in [1.82, 2.24) is 4.90 Å². The maximum Gasteiger partial charge on any atom is 0.341 e. The number of hydrogen-bond acceptors (Lipinski definition) is 3. The van der Waals surface area contributed by atoms with Crippen LogP contribution in [-0.4, -0.2) is 41.1 Å². The van der Waals surface area contributed by atoms with E-state index in [0.717, 1.165) is 36.9 Å². The fourth-order valence-electron chi connectivity index (χ4n) is 3.80. The molecule has 1 aliphatic heterocycles. The molecule has 5 heteroatoms. The molecule has 0 saturated carbocycles. The first kappa shape index (κ1) is 19.0. The molecule has 0 aromatic heterocycles. The highest BCUT2D eigenvalue weighted by Gasteiger charge is 2.30. The molecule has 1 aliphatic rings. The number of benzene rings is 2. The molecule has 1 saturated heterocycles. The van der Waals surface area contributed by atoms with Crippen LogP contribution in [0, 0.1) is 13.8 Å². The minimum Gasteiger partial charge on any atom is -0.481 e. The summed E-state index contributed by atoms with van der Waals surface area (Å²) in [7, 11) is 0. The van der Waals surface area contributed by atoms with Crippen molar-refractivity contribution in [2.75, 3.05) is 13.2 Å². The van der Waals surface area contributed by atoms with Gasteiger partial charge < -0.3 is 14.7 Å². The Morgan fingerprint density at radius 1 is 1.15 bits per heavy atom. The van der Waals surface area contributed by atoms with Crippen LogP contribution >= 0.6 is 0 Å². The fraction of sp³-hybridized carbons (Fsp3) is 0.364. The molecule has 1 atom stereocenters. The number of carboxylic acids is 1. The lowest BCUT2D eigenvalue weighted by Crippen LogP contribution is -2.36. The zero-order valence-corrected chi connectivity index (χ0v) is 15.8. The topological polar surface area (TPSA) is 66.8 Å². The number of amides is 1. The monoisotopic (exact) mass is 367 g/mol. The number of ether oxygens (including phenoxy) is 1. The molecule has 1 N–H and O–H groups in total. The first-order valence-electron chi connectivity index (χ1n) is 9.26. The Morgan fingerprint density at radius 3 is 2.44 bits per heavy atom. The van der Waals surface area contributed by atoms with E-state index >= 15 is 0 Å². The van der Waals surface area contributed by atoms with E-state index in [4.69, 9.17) is 9.84 Å². The third-order valence-electron chi connectivity index (χ3n) is 5.00.